The number of aromatic nitrogens is 3. The third kappa shape index (κ3) is 4.18. The van der Waals surface area contributed by atoms with Crippen LogP contribution in [0.2, 0.25) is 0 Å². The summed E-state index contributed by atoms with van der Waals surface area (Å²) in [6.07, 6.45) is 1.46. The van der Waals surface area contributed by atoms with Gasteiger partial charge in [0.1, 0.15) is 17.9 Å². The van der Waals surface area contributed by atoms with Crippen LogP contribution in [0.3, 0.4) is 0 Å². The molecule has 1 saturated heterocycles. The van der Waals surface area contributed by atoms with Crippen molar-refractivity contribution in [1.82, 2.24) is 19.7 Å². The summed E-state index contributed by atoms with van der Waals surface area (Å²) >= 11 is 0. The largest absolute Gasteiger partial charge is 0.423 e. The molecule has 1 aromatic heterocycles. The first-order chi connectivity index (χ1) is 14.5. The third-order valence-corrected chi connectivity index (χ3v) is 5.36. The molecule has 0 bridgehead atoms. The summed E-state index contributed by atoms with van der Waals surface area (Å²) in [7, 11) is 1.79. The molecule has 0 radical (unpaired) electrons. The van der Waals surface area contributed by atoms with Crippen LogP contribution < -0.4 is 9.64 Å². The van der Waals surface area contributed by atoms with Gasteiger partial charge in [-0.05, 0) is 36.9 Å². The average Bonchev–Trinajstić information content (AvgIpc) is 3.20. The van der Waals surface area contributed by atoms with E-state index in [1.165, 1.54) is 12.4 Å². The molecule has 8 heteroatoms. The van der Waals surface area contributed by atoms with Crippen LogP contribution in [0.4, 0.5) is 10.1 Å². The molecule has 0 amide bonds. The van der Waals surface area contributed by atoms with Crippen molar-refractivity contribution in [2.24, 2.45) is 7.05 Å². The topological polar surface area (TPSA) is 63.5 Å². The van der Waals surface area contributed by atoms with E-state index in [1.54, 1.807) is 42.1 Å². The molecule has 2 heterocycles. The molecule has 1 aliphatic rings. The molecule has 156 valence electrons. The molecular weight excluding hydrogens is 385 g/mol. The molecule has 0 aliphatic carbocycles. The third-order valence-electron chi connectivity index (χ3n) is 5.36. The lowest BCUT2D eigenvalue weighted by molar-refractivity contribution is 0.0734. The molecule has 3 aromatic rings. The second-order valence-corrected chi connectivity index (χ2v) is 7.21. The van der Waals surface area contributed by atoms with E-state index in [-0.39, 0.29) is 5.56 Å². The maximum atomic E-state index is 14.7. The van der Waals surface area contributed by atoms with E-state index in [0.29, 0.717) is 17.3 Å². The first kappa shape index (κ1) is 20.0. The molecule has 0 unspecified atom stereocenters. The van der Waals surface area contributed by atoms with Gasteiger partial charge in [-0.1, -0.05) is 19.1 Å². The molecular formula is C22H24FN5O2. The average molecular weight is 409 g/mol. The molecule has 2 aromatic carbocycles. The summed E-state index contributed by atoms with van der Waals surface area (Å²) in [5, 5.41) is 4.05. The van der Waals surface area contributed by atoms with Crippen molar-refractivity contribution in [3.63, 3.8) is 0 Å². The fourth-order valence-corrected chi connectivity index (χ4v) is 3.62. The molecule has 30 heavy (non-hydrogen) atoms. The van der Waals surface area contributed by atoms with E-state index < -0.39 is 11.8 Å². The second kappa shape index (κ2) is 8.62. The number of rotatable bonds is 5. The Labute approximate surface area is 174 Å². The van der Waals surface area contributed by atoms with Crippen LogP contribution >= 0.6 is 0 Å². The zero-order valence-electron chi connectivity index (χ0n) is 17.1. The number of likely N-dealkylation sites (N-methyl/N-ethyl adjacent to an activating group) is 1. The number of anilines is 1. The zero-order valence-corrected chi connectivity index (χ0v) is 17.1. The molecule has 0 N–H and O–H groups in total. The van der Waals surface area contributed by atoms with Crippen molar-refractivity contribution in [3.05, 3.63) is 60.2 Å². The van der Waals surface area contributed by atoms with Crippen LogP contribution in [0, 0.1) is 5.82 Å². The standard InChI is InChI=1S/C22H24FN5O2/c1-3-27-9-11-28(12-10-27)20-8-7-17(14-19(20)23)22(29)30-18-6-4-5-16(13-18)21-24-15-25-26(21)2/h4-8,13-15H,3,9-12H2,1-2H3. The quantitative estimate of drug-likeness (QED) is 0.477. The first-order valence-electron chi connectivity index (χ1n) is 9.98. The number of ether oxygens (including phenoxy) is 1. The summed E-state index contributed by atoms with van der Waals surface area (Å²) in [6, 6.07) is 11.5. The van der Waals surface area contributed by atoms with E-state index in [1.807, 2.05) is 11.0 Å². The van der Waals surface area contributed by atoms with E-state index in [9.17, 15) is 9.18 Å². The van der Waals surface area contributed by atoms with Crippen LogP contribution in [0.1, 0.15) is 17.3 Å². The summed E-state index contributed by atoms with van der Waals surface area (Å²) in [5.74, 6) is 0.000685. The van der Waals surface area contributed by atoms with Crippen molar-refractivity contribution < 1.29 is 13.9 Å². The predicted octanol–water partition coefficient (Wildman–Crippen LogP) is 2.98. The number of nitrogens with zero attached hydrogens (tertiary/aromatic N) is 5. The SMILES string of the molecule is CCN1CCN(c2ccc(C(=O)Oc3cccc(-c4ncnn4C)c3)cc2F)CC1. The Kier molecular flexibility index (Phi) is 5.76. The van der Waals surface area contributed by atoms with E-state index in [0.717, 1.165) is 38.3 Å². The number of aryl methyl sites for hydroxylation is 1. The number of carbonyl (C=O) groups excluding carboxylic acids is 1. The number of hydrogen-bond donors (Lipinski definition) is 0. The maximum absolute atomic E-state index is 14.7. The van der Waals surface area contributed by atoms with E-state index in [2.05, 4.69) is 21.9 Å². The molecule has 1 aliphatic heterocycles. The van der Waals surface area contributed by atoms with Gasteiger partial charge >= 0.3 is 5.97 Å². The van der Waals surface area contributed by atoms with Crippen molar-refractivity contribution in [1.29, 1.82) is 0 Å². The zero-order chi connectivity index (χ0) is 21.1. The highest BCUT2D eigenvalue weighted by molar-refractivity contribution is 5.91. The molecule has 1 fully saturated rings. The molecule has 7 nitrogen and oxygen atoms in total. The Hall–Kier alpha value is -3.26. The lowest BCUT2D eigenvalue weighted by atomic mass is 10.1. The Bertz CT molecular complexity index is 1040. The van der Waals surface area contributed by atoms with Gasteiger partial charge in [0.25, 0.3) is 0 Å². The Morgan fingerprint density at radius 2 is 1.93 bits per heavy atom. The van der Waals surface area contributed by atoms with Gasteiger partial charge in [-0.15, -0.1) is 0 Å². The van der Waals surface area contributed by atoms with Gasteiger partial charge in [0.15, 0.2) is 5.82 Å². The van der Waals surface area contributed by atoms with Crippen LogP contribution in [0.25, 0.3) is 11.4 Å². The molecule has 4 rings (SSSR count). The minimum atomic E-state index is -0.605. The van der Waals surface area contributed by atoms with Gasteiger partial charge in [0.05, 0.1) is 11.3 Å². The number of carbonyl (C=O) groups is 1. The minimum absolute atomic E-state index is 0.174. The fourth-order valence-electron chi connectivity index (χ4n) is 3.62. The summed E-state index contributed by atoms with van der Waals surface area (Å²) in [6.45, 7) is 6.47. The molecule has 0 atom stereocenters. The van der Waals surface area contributed by atoms with Crippen molar-refractivity contribution in [2.45, 2.75) is 6.92 Å². The van der Waals surface area contributed by atoms with E-state index in [4.69, 9.17) is 4.74 Å². The fraction of sp³-hybridized carbons (Fsp3) is 0.318. The summed E-state index contributed by atoms with van der Waals surface area (Å²) in [5.41, 5.74) is 1.46. The normalized spacial score (nSPS) is 14.7. The van der Waals surface area contributed by atoms with Crippen molar-refractivity contribution in [2.75, 3.05) is 37.6 Å². The summed E-state index contributed by atoms with van der Waals surface area (Å²) < 4.78 is 21.8. The Morgan fingerprint density at radius 3 is 2.60 bits per heavy atom. The number of hydrogen-bond acceptors (Lipinski definition) is 6. The van der Waals surface area contributed by atoms with Crippen LogP contribution in [0.15, 0.2) is 48.8 Å². The lowest BCUT2D eigenvalue weighted by Gasteiger charge is -2.35. The van der Waals surface area contributed by atoms with Crippen LogP contribution in [-0.2, 0) is 7.05 Å². The van der Waals surface area contributed by atoms with Crippen molar-refractivity contribution in [3.8, 4) is 17.1 Å². The van der Waals surface area contributed by atoms with Gasteiger partial charge in [-0.3, -0.25) is 0 Å². The highest BCUT2D eigenvalue weighted by atomic mass is 19.1. The Balaban J connectivity index is 1.47. The monoisotopic (exact) mass is 409 g/mol. The highest BCUT2D eigenvalue weighted by Gasteiger charge is 2.20. The summed E-state index contributed by atoms with van der Waals surface area (Å²) in [4.78, 5) is 21.1. The number of piperazine rings is 1. The first-order valence-corrected chi connectivity index (χ1v) is 9.98. The maximum Gasteiger partial charge on any atom is 0.343 e. The van der Waals surface area contributed by atoms with Crippen LogP contribution in [-0.4, -0.2) is 58.4 Å². The van der Waals surface area contributed by atoms with Gasteiger partial charge in [-0.25, -0.2) is 18.9 Å². The minimum Gasteiger partial charge on any atom is -0.423 e. The van der Waals surface area contributed by atoms with Gasteiger partial charge in [-0.2, -0.15) is 5.10 Å². The molecule has 0 spiro atoms. The van der Waals surface area contributed by atoms with Gasteiger partial charge in [0.2, 0.25) is 0 Å². The predicted molar refractivity (Wildman–Crippen MR) is 112 cm³/mol. The van der Waals surface area contributed by atoms with Gasteiger partial charge < -0.3 is 14.5 Å². The Morgan fingerprint density at radius 1 is 1.13 bits per heavy atom. The van der Waals surface area contributed by atoms with Crippen LogP contribution in [0.5, 0.6) is 5.75 Å². The second-order valence-electron chi connectivity index (χ2n) is 7.21. The highest BCUT2D eigenvalue weighted by Crippen LogP contribution is 2.25. The molecule has 0 saturated carbocycles. The van der Waals surface area contributed by atoms with Crippen molar-refractivity contribution >= 4 is 11.7 Å². The number of halogens is 1. The number of benzene rings is 2. The lowest BCUT2D eigenvalue weighted by Crippen LogP contribution is -2.46. The van der Waals surface area contributed by atoms with E-state index >= 15 is 0 Å². The number of esters is 1. The van der Waals surface area contributed by atoms with Gasteiger partial charge in [0, 0.05) is 38.8 Å². The smallest absolute Gasteiger partial charge is 0.343 e.